The van der Waals surface area contributed by atoms with E-state index in [1.807, 2.05) is 0 Å². The Morgan fingerprint density at radius 1 is 1.24 bits per heavy atom. The highest BCUT2D eigenvalue weighted by atomic mass is 79.9. The molecule has 1 aromatic heterocycles. The molecule has 33 heavy (non-hydrogen) atoms. The quantitative estimate of drug-likeness (QED) is 0.133. The first-order valence-electron chi connectivity index (χ1n) is 9.19. The van der Waals surface area contributed by atoms with Crippen molar-refractivity contribution in [2.45, 2.75) is 6.92 Å². The highest BCUT2D eigenvalue weighted by Gasteiger charge is 2.18. The Morgan fingerprint density at radius 2 is 2.03 bits per heavy atom. The number of hydrogen-bond donors (Lipinski definition) is 1. The van der Waals surface area contributed by atoms with E-state index in [1.54, 1.807) is 31.2 Å². The van der Waals surface area contributed by atoms with Crippen LogP contribution >= 0.6 is 31.9 Å². The minimum atomic E-state index is -0.713. The van der Waals surface area contributed by atoms with Crippen molar-refractivity contribution in [1.82, 2.24) is 5.43 Å². The predicted octanol–water partition coefficient (Wildman–Crippen LogP) is 4.77. The van der Waals surface area contributed by atoms with E-state index >= 15 is 0 Å². The van der Waals surface area contributed by atoms with Crippen LogP contribution in [0.15, 0.2) is 67.2 Å². The van der Waals surface area contributed by atoms with Crippen molar-refractivity contribution in [3.05, 3.63) is 84.7 Å². The molecule has 0 fully saturated rings. The third-order valence-electron chi connectivity index (χ3n) is 4.02. The molecule has 10 nitrogen and oxygen atoms in total. The maximum atomic E-state index is 12.2. The number of ether oxygens (including phenoxy) is 2. The van der Waals surface area contributed by atoms with Gasteiger partial charge in [0.05, 0.1) is 21.9 Å². The zero-order valence-corrected chi connectivity index (χ0v) is 20.1. The Kier molecular flexibility index (Phi) is 7.96. The Balaban J connectivity index is 1.67. The van der Waals surface area contributed by atoms with Crippen molar-refractivity contribution in [2.24, 2.45) is 5.10 Å². The number of carbonyl (C=O) groups excluding carboxylic acids is 2. The minimum absolute atomic E-state index is 0.0170. The molecule has 3 rings (SSSR count). The third-order valence-corrected chi connectivity index (χ3v) is 5.06. The van der Waals surface area contributed by atoms with Gasteiger partial charge in [0, 0.05) is 16.1 Å². The summed E-state index contributed by atoms with van der Waals surface area (Å²) in [6.45, 7) is 1.21. The molecule has 0 aliphatic rings. The molecule has 0 atom stereocenters. The number of benzene rings is 2. The second-order valence-electron chi connectivity index (χ2n) is 6.48. The Hall–Kier alpha value is -3.51. The summed E-state index contributed by atoms with van der Waals surface area (Å²) in [5.74, 6) is -1.22. The molecule has 0 saturated carbocycles. The molecule has 0 saturated heterocycles. The number of nitro groups is 1. The van der Waals surface area contributed by atoms with E-state index in [0.717, 1.165) is 0 Å². The molecule has 1 heterocycles. The molecule has 0 radical (unpaired) electrons. The number of nitro benzene ring substituents is 1. The monoisotopic (exact) mass is 579 g/mol. The van der Waals surface area contributed by atoms with E-state index < -0.39 is 23.4 Å². The molecule has 1 N–H and O–H groups in total. The standard InChI is InChI=1S/C21H15Br2N3O7/c1-12-4-5-17(16(7-12)26(29)30)32-11-19(27)25-24-10-13-8-14(22)9-15(23)20(13)33-21(28)18-3-2-6-31-18/h2-10H,11H2,1H3,(H,25,27). The van der Waals surface area contributed by atoms with Crippen LogP contribution in [0.2, 0.25) is 0 Å². The first-order chi connectivity index (χ1) is 15.7. The van der Waals surface area contributed by atoms with E-state index in [-0.39, 0.29) is 22.9 Å². The number of hydrogen-bond acceptors (Lipinski definition) is 8. The molecule has 0 aliphatic carbocycles. The van der Waals surface area contributed by atoms with E-state index in [1.165, 1.54) is 30.7 Å². The lowest BCUT2D eigenvalue weighted by atomic mass is 10.2. The minimum Gasteiger partial charge on any atom is -0.477 e. The number of furan rings is 1. The highest BCUT2D eigenvalue weighted by molar-refractivity contribution is 9.11. The Labute approximate surface area is 204 Å². The molecule has 12 heteroatoms. The third kappa shape index (κ3) is 6.49. The van der Waals surface area contributed by atoms with Crippen LogP contribution in [0.5, 0.6) is 11.5 Å². The average molecular weight is 581 g/mol. The van der Waals surface area contributed by atoms with Crippen molar-refractivity contribution in [1.29, 1.82) is 0 Å². The summed E-state index contributed by atoms with van der Waals surface area (Å²) in [6, 6.07) is 10.7. The van der Waals surface area contributed by atoms with Gasteiger partial charge in [-0.1, -0.05) is 22.0 Å². The fourth-order valence-electron chi connectivity index (χ4n) is 2.56. The van der Waals surface area contributed by atoms with Gasteiger partial charge in [0.15, 0.2) is 18.1 Å². The molecule has 0 unspecified atom stereocenters. The van der Waals surface area contributed by atoms with Gasteiger partial charge in [0.25, 0.3) is 5.91 Å². The van der Waals surface area contributed by atoms with Crippen LogP contribution in [0.4, 0.5) is 5.69 Å². The summed E-state index contributed by atoms with van der Waals surface area (Å²) in [6.07, 6.45) is 2.62. The van der Waals surface area contributed by atoms with Crippen LogP contribution in [-0.2, 0) is 4.79 Å². The maximum absolute atomic E-state index is 12.2. The average Bonchev–Trinajstić information content (AvgIpc) is 3.30. The number of esters is 1. The van der Waals surface area contributed by atoms with Crippen LogP contribution in [0.25, 0.3) is 0 Å². The number of halogens is 2. The fourth-order valence-corrected chi connectivity index (χ4v) is 3.90. The van der Waals surface area contributed by atoms with Crippen LogP contribution in [-0.4, -0.2) is 29.6 Å². The fraction of sp³-hybridized carbons (Fsp3) is 0.0952. The van der Waals surface area contributed by atoms with Crippen molar-refractivity contribution < 1.29 is 28.4 Å². The Morgan fingerprint density at radius 3 is 2.73 bits per heavy atom. The van der Waals surface area contributed by atoms with E-state index in [2.05, 4.69) is 42.4 Å². The predicted molar refractivity (Wildman–Crippen MR) is 125 cm³/mol. The Bertz CT molecular complexity index is 1230. The number of rotatable bonds is 8. The number of carbonyl (C=O) groups is 2. The van der Waals surface area contributed by atoms with Crippen LogP contribution in [0.3, 0.4) is 0 Å². The van der Waals surface area contributed by atoms with Gasteiger partial charge in [0.2, 0.25) is 5.76 Å². The molecule has 0 spiro atoms. The van der Waals surface area contributed by atoms with Crippen molar-refractivity contribution in [3.63, 3.8) is 0 Å². The van der Waals surface area contributed by atoms with Crippen LogP contribution < -0.4 is 14.9 Å². The van der Waals surface area contributed by atoms with Gasteiger partial charge in [-0.25, -0.2) is 10.2 Å². The topological polar surface area (TPSA) is 133 Å². The smallest absolute Gasteiger partial charge is 0.379 e. The first-order valence-corrected chi connectivity index (χ1v) is 10.8. The molecule has 3 aromatic rings. The van der Waals surface area contributed by atoms with E-state index in [4.69, 9.17) is 13.9 Å². The maximum Gasteiger partial charge on any atom is 0.379 e. The SMILES string of the molecule is Cc1ccc(OCC(=O)NN=Cc2cc(Br)cc(Br)c2OC(=O)c2ccco2)c([N+](=O)[O-])c1. The summed E-state index contributed by atoms with van der Waals surface area (Å²) < 4.78 is 16.8. The zero-order chi connectivity index (χ0) is 24.0. The molecular formula is C21H15Br2N3O7. The second-order valence-corrected chi connectivity index (χ2v) is 8.25. The molecule has 170 valence electrons. The normalized spacial score (nSPS) is 10.8. The summed E-state index contributed by atoms with van der Waals surface area (Å²) >= 11 is 6.66. The van der Waals surface area contributed by atoms with Gasteiger partial charge < -0.3 is 13.9 Å². The zero-order valence-electron chi connectivity index (χ0n) is 16.9. The largest absolute Gasteiger partial charge is 0.477 e. The summed E-state index contributed by atoms with van der Waals surface area (Å²) in [7, 11) is 0. The van der Waals surface area contributed by atoms with Crippen molar-refractivity contribution in [2.75, 3.05) is 6.61 Å². The highest BCUT2D eigenvalue weighted by Crippen LogP contribution is 2.33. The van der Waals surface area contributed by atoms with Gasteiger partial charge in [-0.05, 0) is 58.7 Å². The van der Waals surface area contributed by atoms with Crippen LogP contribution in [0, 0.1) is 17.0 Å². The van der Waals surface area contributed by atoms with Crippen LogP contribution in [0.1, 0.15) is 21.7 Å². The van der Waals surface area contributed by atoms with E-state index in [0.29, 0.717) is 20.1 Å². The lowest BCUT2D eigenvalue weighted by molar-refractivity contribution is -0.385. The number of nitrogens with one attached hydrogen (secondary N) is 1. The van der Waals surface area contributed by atoms with Gasteiger partial charge in [-0.3, -0.25) is 14.9 Å². The molecule has 0 bridgehead atoms. The number of amides is 1. The van der Waals surface area contributed by atoms with Crippen molar-refractivity contribution in [3.8, 4) is 11.5 Å². The number of hydrazone groups is 1. The second kappa shape index (κ2) is 10.9. The van der Waals surface area contributed by atoms with E-state index in [9.17, 15) is 19.7 Å². The van der Waals surface area contributed by atoms with Gasteiger partial charge in [0.1, 0.15) is 0 Å². The summed E-state index contributed by atoms with van der Waals surface area (Å²) in [4.78, 5) is 34.9. The van der Waals surface area contributed by atoms with Gasteiger partial charge in [-0.2, -0.15) is 5.10 Å². The lowest BCUT2D eigenvalue weighted by Crippen LogP contribution is -2.24. The van der Waals surface area contributed by atoms with Gasteiger partial charge >= 0.3 is 11.7 Å². The van der Waals surface area contributed by atoms with Crippen molar-refractivity contribution >= 4 is 55.6 Å². The molecular weight excluding hydrogens is 566 g/mol. The number of aryl methyl sites for hydroxylation is 1. The first kappa shape index (κ1) is 24.1. The molecule has 0 aliphatic heterocycles. The summed E-state index contributed by atoms with van der Waals surface area (Å²) in [5, 5.41) is 15.0. The molecule has 2 aromatic carbocycles. The lowest BCUT2D eigenvalue weighted by Gasteiger charge is -2.09. The summed E-state index contributed by atoms with van der Waals surface area (Å²) in [5.41, 5.74) is 3.07. The molecule has 1 amide bonds. The van der Waals surface area contributed by atoms with Gasteiger partial charge in [-0.15, -0.1) is 0 Å². The number of nitrogens with zero attached hydrogens (tertiary/aromatic N) is 2.